The summed E-state index contributed by atoms with van der Waals surface area (Å²) < 4.78 is 33.8. The van der Waals surface area contributed by atoms with Crippen molar-refractivity contribution in [2.75, 3.05) is 13.2 Å². The molecule has 0 spiro atoms. The van der Waals surface area contributed by atoms with Gasteiger partial charge in [-0.2, -0.15) is 0 Å². The Balaban J connectivity index is 1.25. The number of hydrogen-bond acceptors (Lipinski definition) is 4. The number of rotatable bonds is 7. The largest absolute Gasteiger partial charge is 0.377 e. The number of benzene rings is 1. The first-order valence-corrected chi connectivity index (χ1v) is 12.1. The van der Waals surface area contributed by atoms with Crippen molar-refractivity contribution in [3.05, 3.63) is 35.9 Å². The normalized spacial score (nSPS) is 32.3. The highest BCUT2D eigenvalue weighted by Crippen LogP contribution is 2.34. The molecule has 2 aliphatic carbocycles. The predicted molar refractivity (Wildman–Crippen MR) is 107 cm³/mol. The first kappa shape index (κ1) is 19.4. The molecule has 3 aliphatic rings. The van der Waals surface area contributed by atoms with E-state index in [-0.39, 0.29) is 17.3 Å². The number of piperidine rings is 1. The molecule has 6 heteroatoms. The number of nitrogens with one attached hydrogen (secondary N) is 2. The van der Waals surface area contributed by atoms with Gasteiger partial charge in [-0.05, 0) is 69.4 Å². The van der Waals surface area contributed by atoms with Crippen molar-refractivity contribution in [2.45, 2.75) is 80.7 Å². The fourth-order valence-corrected chi connectivity index (χ4v) is 6.14. The first-order chi connectivity index (χ1) is 13.1. The zero-order valence-electron chi connectivity index (χ0n) is 16.0. The van der Waals surface area contributed by atoms with Crippen LogP contribution < -0.4 is 10.0 Å². The Bertz CT molecular complexity index is 697. The lowest BCUT2D eigenvalue weighted by atomic mass is 9.83. The van der Waals surface area contributed by atoms with E-state index in [9.17, 15) is 8.42 Å². The average molecular weight is 393 g/mol. The van der Waals surface area contributed by atoms with E-state index in [1.54, 1.807) is 0 Å². The predicted octanol–water partition coefficient (Wildman–Crippen LogP) is 2.93. The number of sulfonamides is 1. The van der Waals surface area contributed by atoms with Gasteiger partial charge in [-0.15, -0.1) is 0 Å². The van der Waals surface area contributed by atoms with E-state index >= 15 is 0 Å². The van der Waals surface area contributed by atoms with E-state index in [1.165, 1.54) is 18.4 Å². The summed E-state index contributed by atoms with van der Waals surface area (Å²) in [5.74, 6) is 0.650. The van der Waals surface area contributed by atoms with Gasteiger partial charge in [0.15, 0.2) is 0 Å². The number of hydrogen-bond donors (Lipinski definition) is 2. The fraction of sp³-hybridized carbons (Fsp3) is 0.714. The lowest BCUT2D eigenvalue weighted by Crippen LogP contribution is -2.56. The van der Waals surface area contributed by atoms with Gasteiger partial charge in [-0.25, -0.2) is 13.1 Å². The van der Waals surface area contributed by atoms with Gasteiger partial charge in [0.1, 0.15) is 0 Å². The summed E-state index contributed by atoms with van der Waals surface area (Å²) in [6, 6.07) is 10.8. The molecule has 0 amide bonds. The summed E-state index contributed by atoms with van der Waals surface area (Å²) in [5.41, 5.74) is 1.44. The van der Waals surface area contributed by atoms with Gasteiger partial charge < -0.3 is 10.1 Å². The summed E-state index contributed by atoms with van der Waals surface area (Å²) in [6.45, 7) is 1.54. The molecule has 0 radical (unpaired) electrons. The molecule has 4 rings (SSSR count). The number of ether oxygens (including phenoxy) is 1. The summed E-state index contributed by atoms with van der Waals surface area (Å²) in [7, 11) is -3.15. The van der Waals surface area contributed by atoms with Crippen molar-refractivity contribution in [1.82, 2.24) is 10.0 Å². The Morgan fingerprint density at radius 2 is 1.74 bits per heavy atom. The van der Waals surface area contributed by atoms with Crippen molar-refractivity contribution in [1.29, 1.82) is 0 Å². The molecule has 1 saturated heterocycles. The lowest BCUT2D eigenvalue weighted by Gasteiger charge is -2.35. The Labute approximate surface area is 163 Å². The van der Waals surface area contributed by atoms with Gasteiger partial charge in [-0.3, -0.25) is 0 Å². The van der Waals surface area contributed by atoms with Crippen molar-refractivity contribution in [3.63, 3.8) is 0 Å². The van der Waals surface area contributed by atoms with Crippen LogP contribution >= 0.6 is 0 Å². The summed E-state index contributed by atoms with van der Waals surface area (Å²) in [5, 5.41) is 3.32. The van der Waals surface area contributed by atoms with E-state index in [0.29, 0.717) is 18.6 Å². The Kier molecular flexibility index (Phi) is 6.17. The van der Waals surface area contributed by atoms with Crippen LogP contribution in [0.25, 0.3) is 0 Å². The summed E-state index contributed by atoms with van der Waals surface area (Å²) in [4.78, 5) is 0. The molecular weight excluding hydrogens is 360 g/mol. The van der Waals surface area contributed by atoms with Crippen LogP contribution in [0.5, 0.6) is 0 Å². The first-order valence-electron chi connectivity index (χ1n) is 10.5. The van der Waals surface area contributed by atoms with Crippen LogP contribution in [0.4, 0.5) is 0 Å². The maximum atomic E-state index is 12.3. The van der Waals surface area contributed by atoms with Crippen LogP contribution in [-0.4, -0.2) is 45.0 Å². The molecular formula is C21H32N2O3S. The quantitative estimate of drug-likeness (QED) is 0.749. The average Bonchev–Trinajstić information content (AvgIpc) is 3.54. The fourth-order valence-electron chi connectivity index (χ4n) is 4.48. The topological polar surface area (TPSA) is 67.4 Å². The third-order valence-electron chi connectivity index (χ3n) is 6.32. The molecule has 27 heavy (non-hydrogen) atoms. The van der Waals surface area contributed by atoms with Gasteiger partial charge in [0.2, 0.25) is 10.0 Å². The minimum atomic E-state index is -3.15. The second-order valence-electron chi connectivity index (χ2n) is 8.39. The molecule has 1 aliphatic heterocycles. The van der Waals surface area contributed by atoms with Crippen molar-refractivity contribution < 1.29 is 13.2 Å². The standard InChI is InChI=1S/C21H32N2O3S/c24-27(25,19-12-13-19)23-20-7-4-14-22-21(20)15-26-18-10-8-17(9-11-18)16-5-2-1-3-6-16/h1-3,5-6,17-23H,4,7-15H2/t17-,18+,20-,21-/m0/s1. The molecule has 1 aromatic rings. The smallest absolute Gasteiger partial charge is 0.214 e. The van der Waals surface area contributed by atoms with Crippen LogP contribution in [0.15, 0.2) is 30.3 Å². The van der Waals surface area contributed by atoms with Gasteiger partial charge in [-0.1, -0.05) is 30.3 Å². The summed E-state index contributed by atoms with van der Waals surface area (Å²) >= 11 is 0. The molecule has 1 aromatic carbocycles. The van der Waals surface area contributed by atoms with E-state index in [4.69, 9.17) is 4.74 Å². The molecule has 0 aromatic heterocycles. The Hall–Kier alpha value is -0.950. The maximum absolute atomic E-state index is 12.3. The van der Waals surface area contributed by atoms with Gasteiger partial charge in [0.25, 0.3) is 0 Å². The van der Waals surface area contributed by atoms with Crippen LogP contribution in [-0.2, 0) is 14.8 Å². The minimum absolute atomic E-state index is 0.0370. The van der Waals surface area contributed by atoms with Crippen LogP contribution in [0.3, 0.4) is 0 Å². The maximum Gasteiger partial charge on any atom is 0.214 e. The third-order valence-corrected chi connectivity index (χ3v) is 8.30. The highest BCUT2D eigenvalue weighted by atomic mass is 32.2. The molecule has 3 fully saturated rings. The van der Waals surface area contributed by atoms with Crippen LogP contribution in [0.1, 0.15) is 62.8 Å². The molecule has 2 atom stereocenters. The second kappa shape index (κ2) is 8.60. The van der Waals surface area contributed by atoms with E-state index in [2.05, 4.69) is 40.4 Å². The lowest BCUT2D eigenvalue weighted by molar-refractivity contribution is 0.00522. The highest BCUT2D eigenvalue weighted by molar-refractivity contribution is 7.90. The Morgan fingerprint density at radius 1 is 1.00 bits per heavy atom. The molecule has 150 valence electrons. The molecule has 5 nitrogen and oxygen atoms in total. The van der Waals surface area contributed by atoms with Crippen LogP contribution in [0, 0.1) is 0 Å². The molecule has 2 N–H and O–H groups in total. The molecule has 1 heterocycles. The Morgan fingerprint density at radius 3 is 2.44 bits per heavy atom. The van der Waals surface area contributed by atoms with Crippen LogP contribution in [0.2, 0.25) is 0 Å². The monoisotopic (exact) mass is 392 g/mol. The van der Waals surface area contributed by atoms with Crippen molar-refractivity contribution >= 4 is 10.0 Å². The van der Waals surface area contributed by atoms with Crippen molar-refractivity contribution in [2.24, 2.45) is 0 Å². The molecule has 0 unspecified atom stereocenters. The molecule has 2 saturated carbocycles. The zero-order valence-corrected chi connectivity index (χ0v) is 16.8. The molecule has 0 bridgehead atoms. The third kappa shape index (κ3) is 5.11. The highest BCUT2D eigenvalue weighted by Gasteiger charge is 2.39. The van der Waals surface area contributed by atoms with E-state index < -0.39 is 10.0 Å². The van der Waals surface area contributed by atoms with E-state index in [0.717, 1.165) is 45.1 Å². The van der Waals surface area contributed by atoms with Gasteiger partial charge >= 0.3 is 0 Å². The zero-order chi connectivity index (χ0) is 18.7. The van der Waals surface area contributed by atoms with E-state index in [1.807, 2.05) is 0 Å². The minimum Gasteiger partial charge on any atom is -0.377 e. The van der Waals surface area contributed by atoms with Gasteiger partial charge in [0.05, 0.1) is 18.0 Å². The SMILES string of the molecule is O=S(=O)(N[C@H]1CCCN[C@H]1CO[C@H]1CC[C@@H](c2ccccc2)CC1)C1CC1. The summed E-state index contributed by atoms with van der Waals surface area (Å²) in [6.07, 6.45) is 8.34. The second-order valence-corrected chi connectivity index (χ2v) is 10.4. The van der Waals surface area contributed by atoms with Gasteiger partial charge in [0, 0.05) is 12.1 Å². The van der Waals surface area contributed by atoms with Crippen molar-refractivity contribution in [3.8, 4) is 0 Å².